The number of hydrogen-bond acceptors (Lipinski definition) is 4. The Morgan fingerprint density at radius 3 is 2.60 bits per heavy atom. The molecule has 30 heavy (non-hydrogen) atoms. The van der Waals surface area contributed by atoms with Gasteiger partial charge in [-0.15, -0.1) is 11.3 Å². The van der Waals surface area contributed by atoms with E-state index in [2.05, 4.69) is 6.07 Å². The zero-order chi connectivity index (χ0) is 21.7. The first-order chi connectivity index (χ1) is 14.4. The molecule has 0 aliphatic carbocycles. The minimum Gasteiger partial charge on any atom is -0.467 e. The lowest BCUT2D eigenvalue weighted by molar-refractivity contribution is -0.142. The van der Waals surface area contributed by atoms with E-state index >= 15 is 0 Å². The largest absolute Gasteiger partial charge is 0.467 e. The van der Waals surface area contributed by atoms with E-state index in [9.17, 15) is 13.6 Å². The Bertz CT molecular complexity index is 1040. The molecule has 1 N–H and O–H groups in total. The number of anilines is 1. The number of ether oxygens (including phenoxy) is 1. The van der Waals surface area contributed by atoms with Crippen LogP contribution in [0.25, 0.3) is 0 Å². The standard InChI is InChI=1S/C22H22ClNO4S2/c1-15-9-12-20(16(14-15)10-11-17-6-5-13-29-17)24(30(26)27)21(22(25)28-2)18-7-3-4-8-19(18)23/h3-9,12-14,21H,10-11H2,1-2H3,(H,26,27)/t21-/m0/s1. The average Bonchev–Trinajstić information content (AvgIpc) is 3.25. The number of benzene rings is 2. The third-order valence-electron chi connectivity index (χ3n) is 4.72. The van der Waals surface area contributed by atoms with Crippen molar-refractivity contribution in [3.05, 3.63) is 86.6 Å². The molecule has 2 aromatic carbocycles. The molecule has 8 heteroatoms. The van der Waals surface area contributed by atoms with Crippen LogP contribution in [0.2, 0.25) is 5.02 Å². The van der Waals surface area contributed by atoms with Gasteiger partial charge in [0.25, 0.3) is 11.3 Å². The van der Waals surface area contributed by atoms with Crippen molar-refractivity contribution < 1.29 is 18.3 Å². The first kappa shape index (κ1) is 22.5. The van der Waals surface area contributed by atoms with Crippen molar-refractivity contribution in [3.63, 3.8) is 0 Å². The van der Waals surface area contributed by atoms with E-state index in [0.717, 1.165) is 21.9 Å². The highest BCUT2D eigenvalue weighted by Gasteiger charge is 2.35. The molecule has 0 aliphatic rings. The van der Waals surface area contributed by atoms with Crippen LogP contribution in [0.1, 0.15) is 27.6 Å². The summed E-state index contributed by atoms with van der Waals surface area (Å²) in [6.45, 7) is 1.96. The molecule has 3 rings (SSSR count). The van der Waals surface area contributed by atoms with Gasteiger partial charge in [-0.05, 0) is 48.9 Å². The second kappa shape index (κ2) is 10.2. The van der Waals surface area contributed by atoms with E-state index in [1.807, 2.05) is 30.5 Å². The van der Waals surface area contributed by atoms with Gasteiger partial charge >= 0.3 is 5.97 Å². The highest BCUT2D eigenvalue weighted by molar-refractivity contribution is 7.80. The summed E-state index contributed by atoms with van der Waals surface area (Å²) < 4.78 is 28.9. The fourth-order valence-electron chi connectivity index (χ4n) is 3.31. The fourth-order valence-corrected chi connectivity index (χ4v) is 4.99. The minimum absolute atomic E-state index is 0.315. The molecule has 0 radical (unpaired) electrons. The molecule has 158 valence electrons. The monoisotopic (exact) mass is 463 g/mol. The molecule has 3 aromatic rings. The molecule has 1 aromatic heterocycles. The second-order valence-electron chi connectivity index (χ2n) is 6.72. The quantitative estimate of drug-likeness (QED) is 0.361. The Morgan fingerprint density at radius 2 is 1.97 bits per heavy atom. The number of methoxy groups -OCH3 is 1. The molecule has 0 spiro atoms. The highest BCUT2D eigenvalue weighted by Crippen LogP contribution is 2.36. The van der Waals surface area contributed by atoms with E-state index in [4.69, 9.17) is 16.3 Å². The molecule has 0 amide bonds. The Hall–Kier alpha value is -2.19. The van der Waals surface area contributed by atoms with Gasteiger partial charge in [0.2, 0.25) is 0 Å². The molecule has 0 fully saturated rings. The van der Waals surface area contributed by atoms with Gasteiger partial charge in [0.15, 0.2) is 6.04 Å². The smallest absolute Gasteiger partial charge is 0.334 e. The summed E-state index contributed by atoms with van der Waals surface area (Å²) in [6, 6.07) is 15.2. The van der Waals surface area contributed by atoms with Crippen LogP contribution in [0.3, 0.4) is 0 Å². The summed E-state index contributed by atoms with van der Waals surface area (Å²) in [5.74, 6) is -0.671. The van der Waals surface area contributed by atoms with Crippen molar-refractivity contribution in [2.24, 2.45) is 0 Å². The first-order valence-electron chi connectivity index (χ1n) is 9.26. The molecule has 0 saturated carbocycles. The van der Waals surface area contributed by atoms with Crippen molar-refractivity contribution in [1.29, 1.82) is 0 Å². The number of thiophene rings is 1. The predicted molar refractivity (Wildman–Crippen MR) is 122 cm³/mol. The van der Waals surface area contributed by atoms with Gasteiger partial charge in [0.1, 0.15) is 0 Å². The summed E-state index contributed by atoms with van der Waals surface area (Å²) >= 11 is 5.51. The number of halogens is 1. The lowest BCUT2D eigenvalue weighted by atomic mass is 10.0. The van der Waals surface area contributed by atoms with Gasteiger partial charge in [-0.2, -0.15) is 0 Å². The number of hydrogen-bond donors (Lipinski definition) is 1. The van der Waals surface area contributed by atoms with Crippen LogP contribution in [0.5, 0.6) is 0 Å². The Labute approximate surface area is 187 Å². The molecule has 0 bridgehead atoms. The van der Waals surface area contributed by atoms with Crippen LogP contribution in [-0.4, -0.2) is 21.8 Å². The Kier molecular flexibility index (Phi) is 7.66. The summed E-state index contributed by atoms with van der Waals surface area (Å²) in [7, 11) is 1.25. The van der Waals surface area contributed by atoms with E-state index in [1.54, 1.807) is 41.7 Å². The van der Waals surface area contributed by atoms with E-state index < -0.39 is 23.3 Å². The van der Waals surface area contributed by atoms with Gasteiger partial charge in [0.05, 0.1) is 12.8 Å². The first-order valence-corrected chi connectivity index (χ1v) is 11.6. The number of carbonyl (C=O) groups is 1. The summed E-state index contributed by atoms with van der Waals surface area (Å²) in [4.78, 5) is 14.0. The molecule has 5 nitrogen and oxygen atoms in total. The zero-order valence-corrected chi connectivity index (χ0v) is 19.0. The van der Waals surface area contributed by atoms with Crippen LogP contribution in [0.15, 0.2) is 60.0 Å². The minimum atomic E-state index is -2.50. The van der Waals surface area contributed by atoms with Gasteiger partial charge in [-0.1, -0.05) is 53.6 Å². The van der Waals surface area contributed by atoms with Gasteiger partial charge in [0, 0.05) is 15.5 Å². The normalized spacial score (nSPS) is 12.9. The van der Waals surface area contributed by atoms with E-state index in [0.29, 0.717) is 22.7 Å². The number of rotatable bonds is 8. The van der Waals surface area contributed by atoms with Gasteiger partial charge < -0.3 is 4.74 Å². The maximum Gasteiger partial charge on any atom is 0.334 e. The van der Waals surface area contributed by atoms with Crippen LogP contribution < -0.4 is 4.31 Å². The van der Waals surface area contributed by atoms with Gasteiger partial charge in [-0.25, -0.2) is 13.3 Å². The van der Waals surface area contributed by atoms with Crippen LogP contribution in [0, 0.1) is 6.92 Å². The van der Waals surface area contributed by atoms with Gasteiger partial charge in [-0.3, -0.25) is 4.55 Å². The van der Waals surface area contributed by atoms with Crippen molar-refractivity contribution >= 4 is 45.9 Å². The molecule has 0 saturated heterocycles. The number of aryl methyl sites for hydroxylation is 3. The lowest BCUT2D eigenvalue weighted by Gasteiger charge is -2.30. The predicted octanol–water partition coefficient (Wildman–Crippen LogP) is 5.35. The molecule has 1 heterocycles. The van der Waals surface area contributed by atoms with Crippen molar-refractivity contribution in [2.75, 3.05) is 11.4 Å². The second-order valence-corrected chi connectivity index (χ2v) is 9.01. The summed E-state index contributed by atoms with van der Waals surface area (Å²) in [5.41, 5.74) is 2.79. The fraction of sp³-hybridized carbons (Fsp3) is 0.227. The maximum atomic E-state index is 12.7. The number of esters is 1. The Balaban J connectivity index is 2.09. The van der Waals surface area contributed by atoms with Crippen LogP contribution in [0.4, 0.5) is 5.69 Å². The molecular weight excluding hydrogens is 442 g/mol. The highest BCUT2D eigenvalue weighted by atomic mass is 35.5. The SMILES string of the molecule is COC(=O)[C@H](c1ccccc1Cl)N(c1ccc(C)cc1CCc1cccs1)S(=O)O. The van der Waals surface area contributed by atoms with Crippen LogP contribution in [-0.2, 0) is 33.6 Å². The third kappa shape index (κ3) is 5.10. The topological polar surface area (TPSA) is 66.8 Å². The van der Waals surface area contributed by atoms with Crippen molar-refractivity contribution in [1.82, 2.24) is 0 Å². The van der Waals surface area contributed by atoms with Crippen molar-refractivity contribution in [2.45, 2.75) is 25.8 Å². The summed E-state index contributed by atoms with van der Waals surface area (Å²) in [5, 5.41) is 2.34. The molecule has 1 unspecified atom stereocenters. The van der Waals surface area contributed by atoms with E-state index in [1.165, 1.54) is 12.0 Å². The molecule has 2 atom stereocenters. The zero-order valence-electron chi connectivity index (χ0n) is 16.6. The number of carbonyl (C=O) groups excluding carboxylic acids is 1. The third-order valence-corrected chi connectivity index (χ3v) is 6.74. The summed E-state index contributed by atoms with van der Waals surface area (Å²) in [6.07, 6.45) is 1.44. The van der Waals surface area contributed by atoms with Crippen molar-refractivity contribution in [3.8, 4) is 0 Å². The molecule has 0 aliphatic heterocycles. The number of nitrogens with zero attached hydrogens (tertiary/aromatic N) is 1. The Morgan fingerprint density at radius 1 is 1.20 bits per heavy atom. The molecular formula is C22H22ClNO4S2. The van der Waals surface area contributed by atoms with Crippen LogP contribution >= 0.6 is 22.9 Å². The lowest BCUT2D eigenvalue weighted by Crippen LogP contribution is -2.37. The average molecular weight is 464 g/mol. The van der Waals surface area contributed by atoms with E-state index in [-0.39, 0.29) is 0 Å². The maximum absolute atomic E-state index is 12.7.